The van der Waals surface area contributed by atoms with E-state index in [1.807, 2.05) is 24.3 Å². The Balaban J connectivity index is 1.87. The summed E-state index contributed by atoms with van der Waals surface area (Å²) in [5.41, 5.74) is 7.53. The molecule has 17 heavy (non-hydrogen) atoms. The van der Waals surface area contributed by atoms with Crippen molar-refractivity contribution in [1.29, 1.82) is 0 Å². The van der Waals surface area contributed by atoms with Crippen molar-refractivity contribution in [3.05, 3.63) is 24.3 Å². The largest absolute Gasteiger partial charge is 0.423 e. The van der Waals surface area contributed by atoms with Gasteiger partial charge in [0.05, 0.1) is 0 Å². The number of anilines is 1. The van der Waals surface area contributed by atoms with Crippen molar-refractivity contribution in [2.75, 3.05) is 24.5 Å². The summed E-state index contributed by atoms with van der Waals surface area (Å²) in [4.78, 5) is 6.73. The Bertz CT molecular complexity index is 475. The van der Waals surface area contributed by atoms with Gasteiger partial charge < -0.3 is 15.1 Å². The first-order valence-corrected chi connectivity index (χ1v) is 6.17. The Morgan fingerprint density at radius 2 is 2.29 bits per heavy atom. The maximum atomic E-state index is 5.77. The first-order valence-electron chi connectivity index (χ1n) is 6.17. The molecule has 0 bridgehead atoms. The van der Waals surface area contributed by atoms with Crippen LogP contribution >= 0.6 is 0 Å². The van der Waals surface area contributed by atoms with E-state index in [0.717, 1.165) is 36.7 Å². The van der Waals surface area contributed by atoms with Gasteiger partial charge >= 0.3 is 0 Å². The maximum absolute atomic E-state index is 5.77. The van der Waals surface area contributed by atoms with Crippen molar-refractivity contribution in [3.8, 4) is 0 Å². The first kappa shape index (κ1) is 10.6. The summed E-state index contributed by atoms with van der Waals surface area (Å²) in [5.74, 6) is 0.568. The van der Waals surface area contributed by atoms with E-state index in [-0.39, 0.29) is 0 Å². The van der Waals surface area contributed by atoms with E-state index < -0.39 is 0 Å². The molecule has 1 aromatic heterocycles. The molecule has 2 aromatic rings. The average Bonchev–Trinajstić information content (AvgIpc) is 2.82. The molecule has 1 aliphatic rings. The number of hydrogen-bond acceptors (Lipinski definition) is 4. The summed E-state index contributed by atoms with van der Waals surface area (Å²) in [6, 6.07) is 8.62. The molecule has 1 aliphatic heterocycles. The van der Waals surface area contributed by atoms with Crippen LogP contribution < -0.4 is 10.6 Å². The van der Waals surface area contributed by atoms with Crippen molar-refractivity contribution in [1.82, 2.24) is 4.98 Å². The summed E-state index contributed by atoms with van der Waals surface area (Å²) in [5, 5.41) is 0. The Morgan fingerprint density at radius 3 is 3.12 bits per heavy atom. The predicted molar refractivity (Wildman–Crippen MR) is 68.0 cm³/mol. The lowest BCUT2D eigenvalue weighted by Gasteiger charge is -2.30. The van der Waals surface area contributed by atoms with E-state index in [4.69, 9.17) is 10.2 Å². The third-order valence-electron chi connectivity index (χ3n) is 3.41. The zero-order valence-corrected chi connectivity index (χ0v) is 9.80. The molecule has 0 radical (unpaired) electrons. The van der Waals surface area contributed by atoms with Gasteiger partial charge in [-0.2, -0.15) is 4.98 Å². The standard InChI is InChI=1S/C13H17N3O/c14-8-10-4-3-7-16(9-10)13-15-11-5-1-2-6-12(11)17-13/h1-2,5-6,10H,3-4,7-9,14H2/t10-/m1/s1. The van der Waals surface area contributed by atoms with Gasteiger partial charge in [-0.25, -0.2) is 0 Å². The maximum Gasteiger partial charge on any atom is 0.298 e. The lowest BCUT2D eigenvalue weighted by Crippen LogP contribution is -2.38. The monoisotopic (exact) mass is 231 g/mol. The number of fused-ring (bicyclic) bond motifs is 1. The van der Waals surface area contributed by atoms with Gasteiger partial charge in [-0.3, -0.25) is 0 Å². The van der Waals surface area contributed by atoms with E-state index in [1.54, 1.807) is 0 Å². The molecule has 1 atom stereocenters. The summed E-state index contributed by atoms with van der Waals surface area (Å²) < 4.78 is 5.77. The summed E-state index contributed by atoms with van der Waals surface area (Å²) in [7, 11) is 0. The summed E-state index contributed by atoms with van der Waals surface area (Å²) in [6.07, 6.45) is 2.38. The normalized spacial score (nSPS) is 21.0. The van der Waals surface area contributed by atoms with Gasteiger partial charge in [0.1, 0.15) is 5.52 Å². The average molecular weight is 231 g/mol. The summed E-state index contributed by atoms with van der Waals surface area (Å²) >= 11 is 0. The zero-order chi connectivity index (χ0) is 11.7. The quantitative estimate of drug-likeness (QED) is 0.859. The molecule has 0 aliphatic carbocycles. The van der Waals surface area contributed by atoms with Crippen LogP contribution in [0.3, 0.4) is 0 Å². The Morgan fingerprint density at radius 1 is 1.41 bits per heavy atom. The van der Waals surface area contributed by atoms with Crippen LogP contribution in [0.25, 0.3) is 11.1 Å². The minimum Gasteiger partial charge on any atom is -0.423 e. The van der Waals surface area contributed by atoms with Gasteiger partial charge in [0.25, 0.3) is 6.01 Å². The van der Waals surface area contributed by atoms with E-state index in [2.05, 4.69) is 9.88 Å². The highest BCUT2D eigenvalue weighted by atomic mass is 16.4. The van der Waals surface area contributed by atoms with Gasteiger partial charge in [-0.15, -0.1) is 0 Å². The van der Waals surface area contributed by atoms with Crippen LogP contribution in [0.15, 0.2) is 28.7 Å². The molecule has 1 saturated heterocycles. The first-order chi connectivity index (χ1) is 8.36. The van der Waals surface area contributed by atoms with Crippen molar-refractivity contribution < 1.29 is 4.42 Å². The number of oxazole rings is 1. The fraction of sp³-hybridized carbons (Fsp3) is 0.462. The highest BCUT2D eigenvalue weighted by Crippen LogP contribution is 2.25. The number of para-hydroxylation sites is 2. The smallest absolute Gasteiger partial charge is 0.298 e. The SMILES string of the molecule is NC[C@H]1CCCN(c2nc3ccccc3o2)C1. The fourth-order valence-corrected chi connectivity index (χ4v) is 2.43. The Hall–Kier alpha value is -1.55. The van der Waals surface area contributed by atoms with Crippen LogP contribution in [0, 0.1) is 5.92 Å². The zero-order valence-electron chi connectivity index (χ0n) is 9.80. The molecule has 3 rings (SSSR count). The molecule has 0 spiro atoms. The number of aromatic nitrogens is 1. The van der Waals surface area contributed by atoms with Crippen molar-refractivity contribution >= 4 is 17.1 Å². The minimum atomic E-state index is 0.568. The molecule has 2 N–H and O–H groups in total. The van der Waals surface area contributed by atoms with Crippen molar-refractivity contribution in [3.63, 3.8) is 0 Å². The number of nitrogens with zero attached hydrogens (tertiary/aromatic N) is 2. The van der Waals surface area contributed by atoms with E-state index in [0.29, 0.717) is 5.92 Å². The number of piperidine rings is 1. The molecular formula is C13H17N3O. The second-order valence-corrected chi connectivity index (χ2v) is 4.65. The second kappa shape index (κ2) is 4.37. The number of rotatable bonds is 2. The van der Waals surface area contributed by atoms with Crippen LogP contribution in [-0.4, -0.2) is 24.6 Å². The van der Waals surface area contributed by atoms with Gasteiger partial charge in [0, 0.05) is 13.1 Å². The molecule has 2 heterocycles. The third kappa shape index (κ3) is 2.00. The van der Waals surface area contributed by atoms with Crippen LogP contribution in [0.2, 0.25) is 0 Å². The lowest BCUT2D eigenvalue weighted by molar-refractivity contribution is 0.403. The van der Waals surface area contributed by atoms with Gasteiger partial charge in [0.15, 0.2) is 5.58 Å². The molecular weight excluding hydrogens is 214 g/mol. The molecule has 0 unspecified atom stereocenters. The van der Waals surface area contributed by atoms with Gasteiger partial charge in [-0.1, -0.05) is 12.1 Å². The van der Waals surface area contributed by atoms with E-state index in [1.165, 1.54) is 12.8 Å². The molecule has 0 amide bonds. The third-order valence-corrected chi connectivity index (χ3v) is 3.41. The highest BCUT2D eigenvalue weighted by molar-refractivity contribution is 5.74. The number of hydrogen-bond donors (Lipinski definition) is 1. The van der Waals surface area contributed by atoms with E-state index in [9.17, 15) is 0 Å². The highest BCUT2D eigenvalue weighted by Gasteiger charge is 2.22. The number of benzene rings is 1. The van der Waals surface area contributed by atoms with Crippen molar-refractivity contribution in [2.24, 2.45) is 11.7 Å². The van der Waals surface area contributed by atoms with Crippen molar-refractivity contribution in [2.45, 2.75) is 12.8 Å². The van der Waals surface area contributed by atoms with Crippen LogP contribution in [0.5, 0.6) is 0 Å². The van der Waals surface area contributed by atoms with Gasteiger partial charge in [-0.05, 0) is 37.4 Å². The lowest BCUT2D eigenvalue weighted by atomic mass is 9.99. The van der Waals surface area contributed by atoms with Crippen LogP contribution in [0.4, 0.5) is 6.01 Å². The molecule has 90 valence electrons. The van der Waals surface area contributed by atoms with Gasteiger partial charge in [0.2, 0.25) is 0 Å². The van der Waals surface area contributed by atoms with Crippen LogP contribution in [0.1, 0.15) is 12.8 Å². The molecule has 0 saturated carbocycles. The van der Waals surface area contributed by atoms with Crippen LogP contribution in [-0.2, 0) is 0 Å². The topological polar surface area (TPSA) is 55.3 Å². The molecule has 1 aromatic carbocycles. The number of nitrogens with two attached hydrogens (primary N) is 1. The van der Waals surface area contributed by atoms with E-state index >= 15 is 0 Å². The Labute approximate surface area is 100 Å². The Kier molecular flexibility index (Phi) is 2.73. The molecule has 4 nitrogen and oxygen atoms in total. The summed E-state index contributed by atoms with van der Waals surface area (Å²) in [6.45, 7) is 2.73. The molecule has 1 fully saturated rings. The molecule has 4 heteroatoms. The second-order valence-electron chi connectivity index (χ2n) is 4.65. The fourth-order valence-electron chi connectivity index (χ4n) is 2.43. The minimum absolute atomic E-state index is 0.568. The predicted octanol–water partition coefficient (Wildman–Crippen LogP) is 2.00.